The van der Waals surface area contributed by atoms with Gasteiger partial charge < -0.3 is 9.47 Å². The van der Waals surface area contributed by atoms with Crippen molar-refractivity contribution >= 4 is 5.97 Å². The largest absolute Gasteiger partial charge is 0.426 e. The Bertz CT molecular complexity index is 874. The van der Waals surface area contributed by atoms with Gasteiger partial charge in [-0.25, -0.2) is 0 Å². The lowest BCUT2D eigenvalue weighted by Gasteiger charge is -2.32. The summed E-state index contributed by atoms with van der Waals surface area (Å²) in [5, 5.41) is 0. The lowest BCUT2D eigenvalue weighted by atomic mass is 9.76. The summed E-state index contributed by atoms with van der Waals surface area (Å²) in [6.07, 6.45) is 0.919. The predicted octanol–water partition coefficient (Wildman–Crippen LogP) is 6.46. The molecule has 0 saturated carbocycles. The Kier molecular flexibility index (Phi) is 6.95. The zero-order valence-corrected chi connectivity index (χ0v) is 19.5. The first-order valence-electron chi connectivity index (χ1n) is 10.5. The standard InChI is InChI=1S/C26H36O3/c1-10-26(8,28-9)22-13-11-20(15-18(22)4)25(6,7)21-12-14-23(19(5)16-21)29-24(27)17(2)3/h11-17H,10H2,1-9H3/t26-/m0/s1. The summed E-state index contributed by atoms with van der Waals surface area (Å²) in [5.41, 5.74) is 5.43. The maximum Gasteiger partial charge on any atom is 0.313 e. The van der Waals surface area contributed by atoms with Crippen LogP contribution >= 0.6 is 0 Å². The third-order valence-corrected chi connectivity index (χ3v) is 6.22. The lowest BCUT2D eigenvalue weighted by Crippen LogP contribution is -2.25. The van der Waals surface area contributed by atoms with Crippen molar-refractivity contribution < 1.29 is 14.3 Å². The third kappa shape index (κ3) is 4.72. The van der Waals surface area contributed by atoms with Crippen molar-refractivity contribution in [2.75, 3.05) is 7.11 Å². The number of aryl methyl sites for hydroxylation is 2. The van der Waals surface area contributed by atoms with Gasteiger partial charge in [0, 0.05) is 12.5 Å². The molecule has 2 aromatic carbocycles. The number of hydrogen-bond donors (Lipinski definition) is 0. The van der Waals surface area contributed by atoms with Crippen molar-refractivity contribution in [1.82, 2.24) is 0 Å². The van der Waals surface area contributed by atoms with E-state index in [1.54, 1.807) is 7.11 Å². The fourth-order valence-corrected chi connectivity index (χ4v) is 3.64. The van der Waals surface area contributed by atoms with Gasteiger partial charge in [0.15, 0.2) is 0 Å². The molecule has 0 saturated heterocycles. The maximum absolute atomic E-state index is 11.9. The molecule has 0 aromatic heterocycles. The van der Waals surface area contributed by atoms with Crippen molar-refractivity contribution in [3.05, 3.63) is 64.2 Å². The van der Waals surface area contributed by atoms with Gasteiger partial charge in [-0.2, -0.15) is 0 Å². The topological polar surface area (TPSA) is 35.5 Å². The summed E-state index contributed by atoms with van der Waals surface area (Å²) in [5.74, 6) is 0.282. The van der Waals surface area contributed by atoms with Crippen LogP contribution in [0, 0.1) is 19.8 Å². The zero-order valence-electron chi connectivity index (χ0n) is 19.5. The van der Waals surface area contributed by atoms with Crippen molar-refractivity contribution in [3.8, 4) is 5.75 Å². The molecule has 0 amide bonds. The van der Waals surface area contributed by atoms with E-state index in [4.69, 9.17) is 9.47 Å². The molecule has 0 heterocycles. The van der Waals surface area contributed by atoms with Crippen LogP contribution in [0.1, 0.15) is 75.8 Å². The van der Waals surface area contributed by atoms with Crippen molar-refractivity contribution in [3.63, 3.8) is 0 Å². The fourth-order valence-electron chi connectivity index (χ4n) is 3.64. The third-order valence-electron chi connectivity index (χ3n) is 6.22. The van der Waals surface area contributed by atoms with E-state index in [9.17, 15) is 4.79 Å². The minimum Gasteiger partial charge on any atom is -0.426 e. The van der Waals surface area contributed by atoms with Gasteiger partial charge in [-0.1, -0.05) is 65.0 Å². The van der Waals surface area contributed by atoms with Gasteiger partial charge in [-0.15, -0.1) is 0 Å². The Hall–Kier alpha value is -2.13. The molecule has 158 valence electrons. The van der Waals surface area contributed by atoms with E-state index in [0.29, 0.717) is 5.75 Å². The van der Waals surface area contributed by atoms with Crippen LogP contribution in [0.25, 0.3) is 0 Å². The van der Waals surface area contributed by atoms with Crippen LogP contribution < -0.4 is 4.74 Å². The highest BCUT2D eigenvalue weighted by atomic mass is 16.5. The van der Waals surface area contributed by atoms with Crippen molar-refractivity contribution in [2.24, 2.45) is 5.92 Å². The van der Waals surface area contributed by atoms with Crippen molar-refractivity contribution in [1.29, 1.82) is 0 Å². The number of benzene rings is 2. The molecule has 0 radical (unpaired) electrons. The van der Waals surface area contributed by atoms with Crippen LogP contribution in [-0.2, 0) is 20.5 Å². The number of carbonyl (C=O) groups excluding carboxylic acids is 1. The monoisotopic (exact) mass is 396 g/mol. The number of hydrogen-bond acceptors (Lipinski definition) is 3. The number of rotatable bonds is 7. The highest BCUT2D eigenvalue weighted by molar-refractivity contribution is 5.74. The lowest BCUT2D eigenvalue weighted by molar-refractivity contribution is -0.137. The van der Waals surface area contributed by atoms with Gasteiger partial charge in [-0.05, 0) is 61.1 Å². The van der Waals surface area contributed by atoms with Gasteiger partial charge in [0.1, 0.15) is 5.75 Å². The van der Waals surface area contributed by atoms with E-state index in [1.165, 1.54) is 22.3 Å². The molecular weight excluding hydrogens is 360 g/mol. The summed E-state index contributed by atoms with van der Waals surface area (Å²) in [7, 11) is 1.78. The highest BCUT2D eigenvalue weighted by Gasteiger charge is 2.29. The Labute approximate surface area is 176 Å². The number of esters is 1. The van der Waals surface area contributed by atoms with Crippen LogP contribution in [0.2, 0.25) is 0 Å². The molecule has 3 heteroatoms. The van der Waals surface area contributed by atoms with Crippen LogP contribution in [0.4, 0.5) is 0 Å². The summed E-state index contributed by atoms with van der Waals surface area (Å²) in [6.45, 7) is 16.6. The molecule has 0 fully saturated rings. The Balaban J connectivity index is 2.39. The molecule has 1 atom stereocenters. The fraction of sp³-hybridized carbons (Fsp3) is 0.500. The van der Waals surface area contributed by atoms with E-state index in [0.717, 1.165) is 12.0 Å². The quantitative estimate of drug-likeness (QED) is 0.398. The molecular formula is C26H36O3. The molecule has 0 aliphatic carbocycles. The van der Waals surface area contributed by atoms with Gasteiger partial charge in [0.25, 0.3) is 0 Å². The average Bonchev–Trinajstić information content (AvgIpc) is 2.68. The molecule has 0 spiro atoms. The minimum atomic E-state index is -0.273. The molecule has 3 nitrogen and oxygen atoms in total. The first-order chi connectivity index (χ1) is 13.5. The van der Waals surface area contributed by atoms with Gasteiger partial charge >= 0.3 is 5.97 Å². The highest BCUT2D eigenvalue weighted by Crippen LogP contribution is 2.37. The second-order valence-corrected chi connectivity index (χ2v) is 9.00. The second kappa shape index (κ2) is 8.71. The van der Waals surface area contributed by atoms with E-state index in [-0.39, 0.29) is 22.9 Å². The normalized spacial score (nSPS) is 14.0. The SMILES string of the molecule is CC[C@](C)(OC)c1ccc(C(C)(C)c2ccc(OC(=O)C(C)C)c(C)c2)cc1C. The smallest absolute Gasteiger partial charge is 0.313 e. The number of ether oxygens (including phenoxy) is 2. The molecule has 0 aliphatic heterocycles. The van der Waals surface area contributed by atoms with E-state index < -0.39 is 0 Å². The molecule has 0 unspecified atom stereocenters. The second-order valence-electron chi connectivity index (χ2n) is 9.00. The molecule has 0 aliphatic rings. The Morgan fingerprint density at radius 1 is 0.966 bits per heavy atom. The van der Waals surface area contributed by atoms with Crippen LogP contribution in [0.3, 0.4) is 0 Å². The van der Waals surface area contributed by atoms with E-state index in [1.807, 2.05) is 26.8 Å². The van der Waals surface area contributed by atoms with Crippen LogP contribution in [0.15, 0.2) is 36.4 Å². The minimum absolute atomic E-state index is 0.145. The number of carbonyl (C=O) groups is 1. The average molecular weight is 397 g/mol. The van der Waals surface area contributed by atoms with E-state index in [2.05, 4.69) is 65.0 Å². The Morgan fingerprint density at radius 3 is 1.97 bits per heavy atom. The number of methoxy groups -OCH3 is 1. The van der Waals surface area contributed by atoms with Crippen molar-refractivity contribution in [2.45, 2.75) is 72.8 Å². The summed E-state index contributed by atoms with van der Waals surface area (Å²) in [4.78, 5) is 11.9. The first kappa shape index (κ1) is 23.2. The maximum atomic E-state index is 11.9. The molecule has 0 N–H and O–H groups in total. The molecule has 2 rings (SSSR count). The molecule has 0 bridgehead atoms. The van der Waals surface area contributed by atoms with Gasteiger partial charge in [-0.3, -0.25) is 4.79 Å². The summed E-state index contributed by atoms with van der Waals surface area (Å²) in [6, 6.07) is 12.8. The zero-order chi connectivity index (χ0) is 22.0. The first-order valence-corrected chi connectivity index (χ1v) is 10.5. The summed E-state index contributed by atoms with van der Waals surface area (Å²) < 4.78 is 11.3. The van der Waals surface area contributed by atoms with Gasteiger partial charge in [0.2, 0.25) is 0 Å². The summed E-state index contributed by atoms with van der Waals surface area (Å²) >= 11 is 0. The van der Waals surface area contributed by atoms with E-state index >= 15 is 0 Å². The predicted molar refractivity (Wildman–Crippen MR) is 120 cm³/mol. The van der Waals surface area contributed by atoms with Crippen LogP contribution in [-0.4, -0.2) is 13.1 Å². The molecule has 2 aromatic rings. The molecule has 29 heavy (non-hydrogen) atoms. The van der Waals surface area contributed by atoms with Gasteiger partial charge in [0.05, 0.1) is 11.5 Å². The Morgan fingerprint density at radius 2 is 1.52 bits per heavy atom. The van der Waals surface area contributed by atoms with Crippen LogP contribution in [0.5, 0.6) is 5.75 Å².